The molecule has 0 N–H and O–H groups in total. The first-order valence-corrected chi connectivity index (χ1v) is 24.3. The first-order chi connectivity index (χ1) is 35.2. The fourth-order valence-corrected chi connectivity index (χ4v) is 10.7. The lowest BCUT2D eigenvalue weighted by Gasteiger charge is -2.28. The van der Waals surface area contributed by atoms with Crippen molar-refractivity contribution in [1.82, 2.24) is 0 Å². The van der Waals surface area contributed by atoms with Crippen molar-refractivity contribution >= 4 is 94.3 Å². The van der Waals surface area contributed by atoms with Crippen LogP contribution in [0, 0.1) is 0 Å². The largest absolute Gasteiger partial charge is 0.311 e. The Morgan fingerprint density at radius 2 is 0.451 bits per heavy atom. The van der Waals surface area contributed by atoms with Crippen LogP contribution in [0.1, 0.15) is 0 Å². The van der Waals surface area contributed by atoms with E-state index in [-0.39, 0.29) is 0 Å². The van der Waals surface area contributed by atoms with Crippen LogP contribution in [0.4, 0.5) is 51.2 Å². The highest BCUT2D eigenvalue weighted by molar-refractivity contribution is 6.34. The van der Waals surface area contributed by atoms with Gasteiger partial charge >= 0.3 is 0 Å². The van der Waals surface area contributed by atoms with Crippen molar-refractivity contribution in [2.75, 3.05) is 14.7 Å². The van der Waals surface area contributed by atoms with E-state index in [4.69, 9.17) is 0 Å². The van der Waals surface area contributed by atoms with E-state index in [1.54, 1.807) is 0 Å². The number of benzene rings is 13. The van der Waals surface area contributed by atoms with Gasteiger partial charge in [-0.25, -0.2) is 0 Å². The standard InChI is InChI=1S/C68H47N3/c1-5-18-53(19-6-1)69(54-20-7-2-8-21-54)57-38-30-48(31-39-57)50-34-42-59(43-35-50)71(66-47-46-64-62-27-14-17-52-16-13-26-61(67(52)62)63-28-15-29-65(66)68(63)64)60-44-36-51(37-45-60)49-32-40-58(41-33-49)70(55-22-9-3-10-23-55)56-24-11-4-12-25-56/h1-47H. The highest BCUT2D eigenvalue weighted by Gasteiger charge is 2.21. The van der Waals surface area contributed by atoms with Crippen molar-refractivity contribution in [3.05, 3.63) is 285 Å². The van der Waals surface area contributed by atoms with Gasteiger partial charge in [0.15, 0.2) is 0 Å². The molecule has 0 aliphatic rings. The Balaban J connectivity index is 0.888. The molecular formula is C68H47N3. The van der Waals surface area contributed by atoms with Crippen LogP contribution in [0.25, 0.3) is 65.3 Å². The predicted octanol–water partition coefficient (Wildman–Crippen LogP) is 19.5. The molecule has 0 aliphatic heterocycles. The average Bonchev–Trinajstić information content (AvgIpc) is 3.45. The van der Waals surface area contributed by atoms with Crippen LogP contribution in [0.5, 0.6) is 0 Å². The smallest absolute Gasteiger partial charge is 0.0540 e. The number of hydrogen-bond acceptors (Lipinski definition) is 3. The summed E-state index contributed by atoms with van der Waals surface area (Å²) in [7, 11) is 0. The van der Waals surface area contributed by atoms with Gasteiger partial charge in [-0.3, -0.25) is 0 Å². The van der Waals surface area contributed by atoms with Crippen molar-refractivity contribution in [2.45, 2.75) is 0 Å². The van der Waals surface area contributed by atoms with Gasteiger partial charge in [-0.2, -0.15) is 0 Å². The zero-order valence-electron chi connectivity index (χ0n) is 39.0. The molecule has 3 nitrogen and oxygen atoms in total. The van der Waals surface area contributed by atoms with Gasteiger partial charge in [0, 0.05) is 50.9 Å². The Kier molecular flexibility index (Phi) is 10.5. The minimum Gasteiger partial charge on any atom is -0.311 e. The highest BCUT2D eigenvalue weighted by atomic mass is 15.2. The second-order valence-electron chi connectivity index (χ2n) is 18.1. The summed E-state index contributed by atoms with van der Waals surface area (Å²) < 4.78 is 0. The van der Waals surface area contributed by atoms with Crippen molar-refractivity contribution in [3.8, 4) is 22.3 Å². The van der Waals surface area contributed by atoms with Gasteiger partial charge in [-0.15, -0.1) is 0 Å². The molecule has 13 aromatic rings. The van der Waals surface area contributed by atoms with Gasteiger partial charge in [-0.05, 0) is 163 Å². The van der Waals surface area contributed by atoms with Gasteiger partial charge < -0.3 is 14.7 Å². The van der Waals surface area contributed by atoms with Crippen molar-refractivity contribution in [1.29, 1.82) is 0 Å². The lowest BCUT2D eigenvalue weighted by molar-refractivity contribution is 1.28. The maximum atomic E-state index is 2.43. The third-order valence-electron chi connectivity index (χ3n) is 14.0. The fraction of sp³-hybridized carbons (Fsp3) is 0. The molecule has 0 amide bonds. The second kappa shape index (κ2) is 17.9. The van der Waals surface area contributed by atoms with E-state index in [0.717, 1.165) is 73.4 Å². The third-order valence-corrected chi connectivity index (χ3v) is 14.0. The lowest BCUT2D eigenvalue weighted by Crippen LogP contribution is -2.10. The van der Waals surface area contributed by atoms with Gasteiger partial charge in [-0.1, -0.05) is 182 Å². The summed E-state index contributed by atoms with van der Waals surface area (Å²) in [4.78, 5) is 7.03. The number of para-hydroxylation sites is 4. The van der Waals surface area contributed by atoms with E-state index in [1.165, 1.54) is 43.1 Å². The number of hydrogen-bond donors (Lipinski definition) is 0. The molecule has 0 heterocycles. The maximum absolute atomic E-state index is 2.43. The average molecular weight is 906 g/mol. The number of rotatable bonds is 11. The summed E-state index contributed by atoms with van der Waals surface area (Å²) in [6, 6.07) is 103. The Labute approximate surface area is 414 Å². The molecule has 3 heteroatoms. The first-order valence-electron chi connectivity index (χ1n) is 24.3. The number of anilines is 9. The minimum atomic E-state index is 1.09. The van der Waals surface area contributed by atoms with Crippen molar-refractivity contribution < 1.29 is 0 Å². The summed E-state index contributed by atoms with van der Waals surface area (Å²) >= 11 is 0. The molecule has 0 aromatic heterocycles. The van der Waals surface area contributed by atoms with Gasteiger partial charge in [0.25, 0.3) is 0 Å². The van der Waals surface area contributed by atoms with Crippen LogP contribution in [-0.4, -0.2) is 0 Å². The lowest BCUT2D eigenvalue weighted by atomic mass is 9.89. The van der Waals surface area contributed by atoms with Crippen molar-refractivity contribution in [2.24, 2.45) is 0 Å². The molecule has 0 saturated heterocycles. The topological polar surface area (TPSA) is 9.72 Å². The van der Waals surface area contributed by atoms with E-state index in [1.807, 2.05) is 0 Å². The van der Waals surface area contributed by atoms with Crippen LogP contribution in [0.2, 0.25) is 0 Å². The van der Waals surface area contributed by atoms with E-state index in [0.29, 0.717) is 0 Å². The number of fused-ring (bicyclic) bond motifs is 2. The van der Waals surface area contributed by atoms with E-state index in [2.05, 4.69) is 300 Å². The SMILES string of the molecule is c1ccc(N(c2ccccc2)c2ccc(-c3ccc(N(c4ccc(-c5ccc(N(c6ccccc6)c6ccccc6)cc5)cc4)c4ccc5c6cccc7cccc(c8cccc4c85)c76)cc3)cc2)cc1. The summed E-state index contributed by atoms with van der Waals surface area (Å²) in [5.74, 6) is 0. The van der Waals surface area contributed by atoms with E-state index >= 15 is 0 Å². The van der Waals surface area contributed by atoms with Crippen LogP contribution in [0.15, 0.2) is 285 Å². The predicted molar refractivity (Wildman–Crippen MR) is 303 cm³/mol. The maximum Gasteiger partial charge on any atom is 0.0540 e. The molecular weight excluding hydrogens is 859 g/mol. The first kappa shape index (κ1) is 41.7. The summed E-state index contributed by atoms with van der Waals surface area (Å²) in [6.07, 6.45) is 0. The van der Waals surface area contributed by atoms with Gasteiger partial charge in [0.05, 0.1) is 5.69 Å². The zero-order chi connectivity index (χ0) is 47.1. The molecule has 0 spiro atoms. The molecule has 71 heavy (non-hydrogen) atoms. The Hall–Kier alpha value is -9.44. The minimum absolute atomic E-state index is 1.09. The Morgan fingerprint density at radius 1 is 0.169 bits per heavy atom. The molecule has 0 radical (unpaired) electrons. The number of nitrogens with zero attached hydrogens (tertiary/aromatic N) is 3. The summed E-state index contributed by atoms with van der Waals surface area (Å²) in [5, 5.41) is 10.2. The Bertz CT molecular complexity index is 3630. The van der Waals surface area contributed by atoms with Crippen LogP contribution in [-0.2, 0) is 0 Å². The van der Waals surface area contributed by atoms with Crippen LogP contribution in [0.3, 0.4) is 0 Å². The van der Waals surface area contributed by atoms with Crippen molar-refractivity contribution in [3.63, 3.8) is 0 Å². The monoisotopic (exact) mass is 905 g/mol. The fourth-order valence-electron chi connectivity index (χ4n) is 10.7. The quantitative estimate of drug-likeness (QED) is 0.0946. The van der Waals surface area contributed by atoms with E-state index < -0.39 is 0 Å². The molecule has 0 bridgehead atoms. The Morgan fingerprint density at radius 3 is 0.817 bits per heavy atom. The summed E-state index contributed by atoms with van der Waals surface area (Å²) in [5.41, 5.74) is 14.6. The molecule has 13 rings (SSSR count). The van der Waals surface area contributed by atoms with Gasteiger partial charge in [0.1, 0.15) is 0 Å². The normalized spacial score (nSPS) is 11.4. The molecule has 0 saturated carbocycles. The molecule has 0 fully saturated rings. The molecule has 0 unspecified atom stereocenters. The van der Waals surface area contributed by atoms with Gasteiger partial charge in [0.2, 0.25) is 0 Å². The molecule has 334 valence electrons. The second-order valence-corrected chi connectivity index (χ2v) is 18.1. The third kappa shape index (κ3) is 7.58. The van der Waals surface area contributed by atoms with Crippen LogP contribution < -0.4 is 14.7 Å². The molecule has 0 aliphatic carbocycles. The molecule has 0 atom stereocenters. The van der Waals surface area contributed by atoms with Crippen LogP contribution >= 0.6 is 0 Å². The molecule has 13 aromatic carbocycles. The summed E-state index contributed by atoms with van der Waals surface area (Å²) in [6.45, 7) is 0. The zero-order valence-corrected chi connectivity index (χ0v) is 39.0. The van der Waals surface area contributed by atoms with E-state index in [9.17, 15) is 0 Å². The highest BCUT2D eigenvalue weighted by Crippen LogP contribution is 2.47.